The molecule has 0 fully saturated rings. The van der Waals surface area contributed by atoms with E-state index in [1.54, 1.807) is 11.2 Å². The minimum atomic E-state index is -1.37. The van der Waals surface area contributed by atoms with Crippen LogP contribution >= 0.6 is 0 Å². The van der Waals surface area contributed by atoms with E-state index in [-0.39, 0.29) is 23.6 Å². The van der Waals surface area contributed by atoms with E-state index < -0.39 is 14.2 Å². The summed E-state index contributed by atoms with van der Waals surface area (Å²) < 4.78 is 5.48. The number of hydrogen-bond donors (Lipinski definition) is 1. The highest BCUT2D eigenvalue weighted by Gasteiger charge is 2.26. The van der Waals surface area contributed by atoms with E-state index in [9.17, 15) is 9.90 Å². The Bertz CT molecular complexity index is 423. The molecule has 0 aliphatic rings. The monoisotopic (exact) mass is 357 g/mol. The second kappa shape index (κ2) is 9.04. The van der Waals surface area contributed by atoms with Gasteiger partial charge in [-0.05, 0) is 51.1 Å². The number of ether oxygens (including phenoxy) is 1. The summed E-state index contributed by atoms with van der Waals surface area (Å²) in [5.41, 5.74) is 0.835. The number of nitrogens with zero attached hydrogens (tertiary/aromatic N) is 1. The Balaban J connectivity index is 5.21. The van der Waals surface area contributed by atoms with E-state index in [2.05, 4.69) is 19.6 Å². The second-order valence-electron chi connectivity index (χ2n) is 9.58. The third-order valence-corrected chi connectivity index (χ3v) is 5.38. The fourth-order valence-electron chi connectivity index (χ4n) is 2.61. The Labute approximate surface area is 150 Å². The fraction of sp³-hybridized carbons (Fsp3) is 0.842. The van der Waals surface area contributed by atoms with Crippen LogP contribution in [0.25, 0.3) is 0 Å². The van der Waals surface area contributed by atoms with Crippen molar-refractivity contribution in [1.29, 1.82) is 0 Å². The molecule has 0 aliphatic heterocycles. The first kappa shape index (κ1) is 23.2. The first-order chi connectivity index (χ1) is 10.6. The molecule has 0 bridgehead atoms. The maximum absolute atomic E-state index is 12.4. The lowest BCUT2D eigenvalue weighted by atomic mass is 9.86. The molecule has 24 heavy (non-hydrogen) atoms. The first-order valence-electron chi connectivity index (χ1n) is 9.00. The average Bonchev–Trinajstić information content (AvgIpc) is 2.31. The zero-order chi connectivity index (χ0) is 19.3. The van der Waals surface area contributed by atoms with Crippen LogP contribution < -0.4 is 0 Å². The number of aliphatic hydroxyl groups is 1. The number of amides is 1. The third kappa shape index (κ3) is 8.88. The van der Waals surface area contributed by atoms with Gasteiger partial charge in [-0.15, -0.1) is 0 Å². The van der Waals surface area contributed by atoms with Gasteiger partial charge in [0.25, 0.3) is 0 Å². The molecule has 4 nitrogen and oxygen atoms in total. The van der Waals surface area contributed by atoms with Crippen molar-refractivity contribution in [2.75, 3.05) is 0 Å². The van der Waals surface area contributed by atoms with Crippen LogP contribution in [-0.2, 0) is 4.74 Å². The molecule has 0 aromatic carbocycles. The maximum atomic E-state index is 12.4. The molecular weight excluding hydrogens is 318 g/mol. The SMILES string of the molecule is CC(C)N(C(=O)O/C=C(/CC(O)C(C)(C)C)C[Si](C)(C)C)C(C)C. The molecule has 0 saturated heterocycles. The highest BCUT2D eigenvalue weighted by molar-refractivity contribution is 6.76. The van der Waals surface area contributed by atoms with Crippen LogP contribution in [-0.4, -0.2) is 42.4 Å². The Morgan fingerprint density at radius 1 is 1.12 bits per heavy atom. The molecule has 1 N–H and O–H groups in total. The predicted molar refractivity (Wildman–Crippen MR) is 105 cm³/mol. The summed E-state index contributed by atoms with van der Waals surface area (Å²) in [4.78, 5) is 14.1. The quantitative estimate of drug-likeness (QED) is 0.499. The molecular formula is C19H39NO3Si. The van der Waals surface area contributed by atoms with Gasteiger partial charge in [-0.3, -0.25) is 0 Å². The summed E-state index contributed by atoms with van der Waals surface area (Å²) in [6, 6.07) is 1.09. The van der Waals surface area contributed by atoms with Gasteiger partial charge in [0.2, 0.25) is 0 Å². The van der Waals surface area contributed by atoms with Crippen LogP contribution in [0.1, 0.15) is 54.9 Å². The minimum Gasteiger partial charge on any atom is -0.418 e. The summed E-state index contributed by atoms with van der Waals surface area (Å²) in [5, 5.41) is 10.4. The van der Waals surface area contributed by atoms with Crippen LogP contribution in [0.2, 0.25) is 25.7 Å². The van der Waals surface area contributed by atoms with Gasteiger partial charge in [-0.2, -0.15) is 0 Å². The molecule has 0 rings (SSSR count). The van der Waals surface area contributed by atoms with Crippen molar-refractivity contribution in [2.24, 2.45) is 5.41 Å². The second-order valence-corrected chi connectivity index (χ2v) is 15.1. The highest BCUT2D eigenvalue weighted by Crippen LogP contribution is 2.28. The number of hydrogen-bond acceptors (Lipinski definition) is 3. The molecule has 0 spiro atoms. The van der Waals surface area contributed by atoms with E-state index in [0.717, 1.165) is 11.6 Å². The molecule has 142 valence electrons. The molecule has 1 unspecified atom stereocenters. The molecule has 0 radical (unpaired) electrons. The molecule has 0 aromatic rings. The Hall–Kier alpha value is -0.813. The minimum absolute atomic E-state index is 0.0894. The smallest absolute Gasteiger partial charge is 0.415 e. The Kier molecular flexibility index (Phi) is 8.74. The predicted octanol–water partition coefficient (Wildman–Crippen LogP) is 5.26. The van der Waals surface area contributed by atoms with Crippen LogP contribution in [0.4, 0.5) is 4.79 Å². The molecule has 1 atom stereocenters. The third-order valence-electron chi connectivity index (χ3n) is 3.86. The number of carbonyl (C=O) groups is 1. The van der Waals surface area contributed by atoms with Gasteiger partial charge < -0.3 is 14.7 Å². The van der Waals surface area contributed by atoms with Crippen molar-refractivity contribution in [3.05, 3.63) is 11.8 Å². The van der Waals surface area contributed by atoms with Gasteiger partial charge >= 0.3 is 6.09 Å². The number of aliphatic hydroxyl groups excluding tert-OH is 1. The summed E-state index contributed by atoms with van der Waals surface area (Å²) in [6.07, 6.45) is 1.36. The van der Waals surface area contributed by atoms with Crippen LogP contribution in [0.3, 0.4) is 0 Å². The van der Waals surface area contributed by atoms with Gasteiger partial charge in [0.15, 0.2) is 0 Å². The molecule has 5 heteroatoms. The summed E-state index contributed by atoms with van der Waals surface area (Å²) in [5.74, 6) is 0. The summed E-state index contributed by atoms with van der Waals surface area (Å²) in [6.45, 7) is 20.8. The number of rotatable bonds is 7. The van der Waals surface area contributed by atoms with Crippen LogP contribution in [0.5, 0.6) is 0 Å². The van der Waals surface area contributed by atoms with Crippen molar-refractivity contribution < 1.29 is 14.6 Å². The van der Waals surface area contributed by atoms with Gasteiger partial charge in [-0.25, -0.2) is 4.79 Å². The summed E-state index contributed by atoms with van der Waals surface area (Å²) in [7, 11) is -1.37. The Morgan fingerprint density at radius 3 is 1.92 bits per heavy atom. The number of carbonyl (C=O) groups excluding carboxylic acids is 1. The van der Waals surface area contributed by atoms with Gasteiger partial charge in [0.05, 0.1) is 12.4 Å². The van der Waals surface area contributed by atoms with Crippen molar-refractivity contribution in [3.63, 3.8) is 0 Å². The molecule has 1 amide bonds. The van der Waals surface area contributed by atoms with Crippen LogP contribution in [0, 0.1) is 5.41 Å². The molecule has 0 aliphatic carbocycles. The molecule has 0 saturated carbocycles. The van der Waals surface area contributed by atoms with E-state index in [4.69, 9.17) is 4.74 Å². The highest BCUT2D eigenvalue weighted by atomic mass is 28.3. The van der Waals surface area contributed by atoms with Crippen molar-refractivity contribution in [2.45, 2.75) is 98.8 Å². The van der Waals surface area contributed by atoms with E-state index >= 15 is 0 Å². The fourth-order valence-corrected chi connectivity index (χ4v) is 4.20. The maximum Gasteiger partial charge on any atom is 0.415 e. The van der Waals surface area contributed by atoms with Crippen molar-refractivity contribution >= 4 is 14.2 Å². The molecule has 0 heterocycles. The Morgan fingerprint density at radius 2 is 1.58 bits per heavy atom. The van der Waals surface area contributed by atoms with Gasteiger partial charge in [0, 0.05) is 20.2 Å². The zero-order valence-corrected chi connectivity index (χ0v) is 18.4. The average molecular weight is 358 g/mol. The van der Waals surface area contributed by atoms with E-state index in [0.29, 0.717) is 6.42 Å². The van der Waals surface area contributed by atoms with E-state index in [1.807, 2.05) is 48.5 Å². The lowest BCUT2D eigenvalue weighted by molar-refractivity contribution is 0.0623. The lowest BCUT2D eigenvalue weighted by Gasteiger charge is -2.30. The standard InChI is InChI=1S/C19H39NO3Si/c1-14(2)20(15(3)4)18(22)23-12-16(13-24(8,9)10)11-17(21)19(5,6)7/h12,14-15,17,21H,11,13H2,1-10H3/b16-12-. The molecule has 0 aromatic heterocycles. The van der Waals surface area contributed by atoms with E-state index in [1.165, 1.54) is 0 Å². The first-order valence-corrected chi connectivity index (χ1v) is 12.7. The van der Waals surface area contributed by atoms with Crippen molar-refractivity contribution in [3.8, 4) is 0 Å². The van der Waals surface area contributed by atoms with Gasteiger partial charge in [0.1, 0.15) is 0 Å². The zero-order valence-electron chi connectivity index (χ0n) is 17.4. The largest absolute Gasteiger partial charge is 0.418 e. The van der Waals surface area contributed by atoms with Crippen molar-refractivity contribution in [1.82, 2.24) is 4.90 Å². The normalized spacial score (nSPS) is 15.0. The summed E-state index contributed by atoms with van der Waals surface area (Å²) >= 11 is 0. The van der Waals surface area contributed by atoms with Crippen LogP contribution in [0.15, 0.2) is 11.8 Å². The topological polar surface area (TPSA) is 49.8 Å². The van der Waals surface area contributed by atoms with Gasteiger partial charge in [-0.1, -0.05) is 40.4 Å². The lowest BCUT2D eigenvalue weighted by Crippen LogP contribution is -2.41.